The van der Waals surface area contributed by atoms with E-state index in [1.165, 1.54) is 0 Å². The van der Waals surface area contributed by atoms with E-state index in [0.717, 1.165) is 7.11 Å². The lowest BCUT2D eigenvalue weighted by atomic mass is 10.1. The summed E-state index contributed by atoms with van der Waals surface area (Å²) in [5.41, 5.74) is -3.00. The highest BCUT2D eigenvalue weighted by molar-refractivity contribution is 6.30. The first-order valence-electron chi connectivity index (χ1n) is 4.78. The smallest absolute Gasteiger partial charge is 0.433 e. The van der Waals surface area contributed by atoms with Crippen LogP contribution in [0.3, 0.4) is 0 Å². The van der Waals surface area contributed by atoms with Crippen LogP contribution in [0.1, 0.15) is 23.2 Å². The average molecular weight is 304 g/mol. The second-order valence-electron chi connectivity index (χ2n) is 3.42. The number of hydrogen-bond donors (Lipinski definition) is 0. The maximum absolute atomic E-state index is 12.7. The molecule has 1 heterocycles. The van der Waals surface area contributed by atoms with E-state index in [4.69, 9.17) is 11.6 Å². The van der Waals surface area contributed by atoms with Gasteiger partial charge in [-0.25, -0.2) is 13.8 Å². The molecule has 106 valence electrons. The summed E-state index contributed by atoms with van der Waals surface area (Å²) in [6.07, 6.45) is -8.81. The zero-order chi connectivity index (χ0) is 14.8. The van der Waals surface area contributed by atoms with Gasteiger partial charge in [0.2, 0.25) is 0 Å². The van der Waals surface area contributed by atoms with Crippen LogP contribution in [0.25, 0.3) is 0 Å². The Bertz CT molecular complexity index is 490. The van der Waals surface area contributed by atoms with Gasteiger partial charge in [0, 0.05) is 11.1 Å². The maximum Gasteiger partial charge on any atom is 0.433 e. The number of rotatable bonds is 3. The van der Waals surface area contributed by atoms with Crippen LogP contribution in [0, 0.1) is 0 Å². The zero-order valence-electron chi connectivity index (χ0n) is 9.39. The Morgan fingerprint density at radius 3 is 2.47 bits per heavy atom. The van der Waals surface area contributed by atoms with Gasteiger partial charge in [-0.2, -0.15) is 13.2 Å². The Balaban J connectivity index is 3.35. The van der Waals surface area contributed by atoms with Gasteiger partial charge in [-0.05, 0) is 6.07 Å². The highest BCUT2D eigenvalue weighted by atomic mass is 35.5. The van der Waals surface area contributed by atoms with Gasteiger partial charge in [0.1, 0.15) is 10.8 Å². The molecule has 0 aromatic carbocycles. The number of carbonyl (C=O) groups excluding carboxylic acids is 1. The van der Waals surface area contributed by atoms with Gasteiger partial charge in [-0.3, -0.25) is 4.79 Å². The van der Waals surface area contributed by atoms with Gasteiger partial charge in [-0.15, -0.1) is 0 Å². The Kier molecular flexibility index (Phi) is 4.67. The molecule has 1 aromatic rings. The van der Waals surface area contributed by atoms with E-state index in [9.17, 15) is 26.7 Å². The van der Waals surface area contributed by atoms with Gasteiger partial charge in [0.15, 0.2) is 0 Å². The Hall–Kier alpha value is -1.44. The lowest BCUT2D eigenvalue weighted by Gasteiger charge is -2.13. The molecule has 1 aromatic heterocycles. The van der Waals surface area contributed by atoms with Crippen molar-refractivity contribution in [2.24, 2.45) is 0 Å². The zero-order valence-corrected chi connectivity index (χ0v) is 10.1. The molecule has 0 radical (unpaired) electrons. The lowest BCUT2D eigenvalue weighted by Crippen LogP contribution is -2.14. The average Bonchev–Trinajstić information content (AvgIpc) is 2.29. The van der Waals surface area contributed by atoms with Crippen molar-refractivity contribution < 1.29 is 31.5 Å². The van der Waals surface area contributed by atoms with Crippen molar-refractivity contribution in [3.05, 3.63) is 28.0 Å². The standard InChI is InChI=1S/C10H7ClF5NO2/c1-19-7(18)3-4-5(9(12)13)2-6(10(14,15)16)17-8(4)11/h2,9H,3H2,1H3. The van der Waals surface area contributed by atoms with Gasteiger partial charge < -0.3 is 4.74 Å². The molecule has 0 atom stereocenters. The van der Waals surface area contributed by atoms with Crippen molar-refractivity contribution in [1.29, 1.82) is 0 Å². The van der Waals surface area contributed by atoms with Crippen LogP contribution in [0.5, 0.6) is 0 Å². The predicted molar refractivity (Wildman–Crippen MR) is 54.9 cm³/mol. The quantitative estimate of drug-likeness (QED) is 0.488. The fourth-order valence-electron chi connectivity index (χ4n) is 1.29. The molecular weight excluding hydrogens is 297 g/mol. The van der Waals surface area contributed by atoms with Crippen LogP contribution < -0.4 is 0 Å². The summed E-state index contributed by atoms with van der Waals surface area (Å²) >= 11 is 5.43. The van der Waals surface area contributed by atoms with Crippen LogP contribution in [-0.2, 0) is 22.1 Å². The molecule has 19 heavy (non-hydrogen) atoms. The van der Waals surface area contributed by atoms with Gasteiger partial charge >= 0.3 is 12.1 Å². The summed E-state index contributed by atoms with van der Waals surface area (Å²) in [6.45, 7) is 0. The van der Waals surface area contributed by atoms with E-state index < -0.39 is 47.0 Å². The third-order valence-electron chi connectivity index (χ3n) is 2.18. The minimum absolute atomic E-state index is 0.175. The largest absolute Gasteiger partial charge is 0.469 e. The molecule has 0 unspecified atom stereocenters. The summed E-state index contributed by atoms with van der Waals surface area (Å²) in [6, 6.07) is 0.175. The summed E-state index contributed by atoms with van der Waals surface area (Å²) < 4.78 is 66.9. The molecule has 0 amide bonds. The van der Waals surface area contributed by atoms with Crippen molar-refractivity contribution >= 4 is 17.6 Å². The van der Waals surface area contributed by atoms with E-state index in [-0.39, 0.29) is 6.07 Å². The van der Waals surface area contributed by atoms with Crippen molar-refractivity contribution in [1.82, 2.24) is 4.98 Å². The number of aromatic nitrogens is 1. The van der Waals surface area contributed by atoms with Gasteiger partial charge in [0.25, 0.3) is 6.43 Å². The van der Waals surface area contributed by atoms with Crippen LogP contribution >= 0.6 is 11.6 Å². The highest BCUT2D eigenvalue weighted by Gasteiger charge is 2.35. The summed E-state index contributed by atoms with van der Waals surface area (Å²) in [5, 5.41) is -0.796. The first-order chi connectivity index (χ1) is 8.66. The first-order valence-corrected chi connectivity index (χ1v) is 5.16. The molecule has 0 aliphatic heterocycles. The lowest BCUT2D eigenvalue weighted by molar-refractivity contribution is -0.141. The monoisotopic (exact) mass is 303 g/mol. The summed E-state index contributed by atoms with van der Waals surface area (Å²) in [4.78, 5) is 14.0. The fourth-order valence-corrected chi connectivity index (χ4v) is 1.56. The van der Waals surface area contributed by atoms with Crippen molar-refractivity contribution in [2.75, 3.05) is 7.11 Å². The molecule has 0 aliphatic rings. The first kappa shape index (κ1) is 15.6. The minimum atomic E-state index is -4.91. The number of nitrogens with zero attached hydrogens (tertiary/aromatic N) is 1. The number of methoxy groups -OCH3 is 1. The molecule has 0 aliphatic carbocycles. The second kappa shape index (κ2) is 5.68. The fraction of sp³-hybridized carbons (Fsp3) is 0.400. The number of ether oxygens (including phenoxy) is 1. The molecule has 0 fully saturated rings. The Morgan fingerprint density at radius 2 is 2.05 bits per heavy atom. The van der Waals surface area contributed by atoms with E-state index in [2.05, 4.69) is 9.72 Å². The molecular formula is C10H7ClF5NO2. The van der Waals surface area contributed by atoms with E-state index in [1.807, 2.05) is 0 Å². The van der Waals surface area contributed by atoms with Crippen LogP contribution in [0.2, 0.25) is 5.15 Å². The van der Waals surface area contributed by atoms with Crippen molar-refractivity contribution in [3.63, 3.8) is 0 Å². The summed E-state index contributed by atoms with van der Waals surface area (Å²) in [5.74, 6) is -0.912. The van der Waals surface area contributed by atoms with Crippen LogP contribution in [-0.4, -0.2) is 18.1 Å². The normalized spacial score (nSPS) is 11.8. The van der Waals surface area contributed by atoms with Crippen molar-refractivity contribution in [3.8, 4) is 0 Å². The molecule has 1 rings (SSSR count). The van der Waals surface area contributed by atoms with Crippen molar-refractivity contribution in [2.45, 2.75) is 19.0 Å². The molecule has 0 N–H and O–H groups in total. The molecule has 0 saturated carbocycles. The number of carbonyl (C=O) groups is 1. The number of hydrogen-bond acceptors (Lipinski definition) is 3. The topological polar surface area (TPSA) is 39.2 Å². The van der Waals surface area contributed by atoms with Crippen LogP contribution in [0.15, 0.2) is 6.07 Å². The van der Waals surface area contributed by atoms with E-state index in [0.29, 0.717) is 0 Å². The Labute approximate surface area is 109 Å². The van der Waals surface area contributed by atoms with Crippen LogP contribution in [0.4, 0.5) is 22.0 Å². The molecule has 0 spiro atoms. The van der Waals surface area contributed by atoms with Gasteiger partial charge in [0.05, 0.1) is 13.5 Å². The third kappa shape index (κ3) is 3.76. The third-order valence-corrected chi connectivity index (χ3v) is 2.50. The highest BCUT2D eigenvalue weighted by Crippen LogP contribution is 2.35. The van der Waals surface area contributed by atoms with Gasteiger partial charge in [-0.1, -0.05) is 11.6 Å². The SMILES string of the molecule is COC(=O)Cc1c(C(F)F)cc(C(F)(F)F)nc1Cl. The number of pyridine rings is 1. The minimum Gasteiger partial charge on any atom is -0.469 e. The molecule has 0 bridgehead atoms. The maximum atomic E-state index is 12.7. The number of alkyl halides is 5. The molecule has 3 nitrogen and oxygen atoms in total. The molecule has 9 heteroatoms. The van der Waals surface area contributed by atoms with E-state index in [1.54, 1.807) is 0 Å². The second-order valence-corrected chi connectivity index (χ2v) is 3.78. The number of halogens is 6. The summed E-state index contributed by atoms with van der Waals surface area (Å²) in [7, 11) is 1.01. The predicted octanol–water partition coefficient (Wildman–Crippen LogP) is 3.41. The number of esters is 1. The molecule has 0 saturated heterocycles. The Morgan fingerprint density at radius 1 is 1.47 bits per heavy atom. The van der Waals surface area contributed by atoms with E-state index >= 15 is 0 Å².